The lowest BCUT2D eigenvalue weighted by molar-refractivity contribution is -0.157. The summed E-state index contributed by atoms with van der Waals surface area (Å²) in [7, 11) is 2.51. The minimum Gasteiger partial charge on any atom is -0.493 e. The van der Waals surface area contributed by atoms with Crippen molar-refractivity contribution in [2.75, 3.05) is 19.5 Å². The fourth-order valence-corrected chi connectivity index (χ4v) is 4.08. The average molecular weight is 638 g/mol. The highest BCUT2D eigenvalue weighted by Crippen LogP contribution is 2.30. The summed E-state index contributed by atoms with van der Waals surface area (Å²) in [6, 6.07) is 13.8. The Labute approximate surface area is 263 Å². The van der Waals surface area contributed by atoms with Crippen molar-refractivity contribution in [1.29, 1.82) is 0 Å². The van der Waals surface area contributed by atoms with Gasteiger partial charge in [-0.25, -0.2) is 14.4 Å². The van der Waals surface area contributed by atoms with E-state index < -0.39 is 48.0 Å². The van der Waals surface area contributed by atoms with Crippen LogP contribution in [0.2, 0.25) is 0 Å². The molecule has 14 heteroatoms. The van der Waals surface area contributed by atoms with Gasteiger partial charge >= 0.3 is 29.8 Å². The van der Waals surface area contributed by atoms with Gasteiger partial charge in [-0.3, -0.25) is 14.4 Å². The molecular formula is C32H31NO13. The zero-order valence-electron chi connectivity index (χ0n) is 25.5. The highest BCUT2D eigenvalue weighted by molar-refractivity contribution is 6.02. The molecule has 0 radical (unpaired) electrons. The van der Waals surface area contributed by atoms with Crippen LogP contribution in [0, 0.1) is 0 Å². The summed E-state index contributed by atoms with van der Waals surface area (Å²) in [5, 5.41) is 12.6. The molecule has 242 valence electrons. The molecule has 0 aromatic heterocycles. The van der Waals surface area contributed by atoms with E-state index in [4.69, 9.17) is 28.4 Å². The lowest BCUT2D eigenvalue weighted by Crippen LogP contribution is -2.48. The van der Waals surface area contributed by atoms with Gasteiger partial charge in [0, 0.05) is 19.5 Å². The minimum atomic E-state index is -2.34. The Balaban J connectivity index is 1.99. The third-order valence-electron chi connectivity index (χ3n) is 6.21. The van der Waals surface area contributed by atoms with Gasteiger partial charge in [-0.2, -0.15) is 0 Å². The van der Waals surface area contributed by atoms with Gasteiger partial charge in [-0.15, -0.1) is 0 Å². The number of methoxy groups -OCH3 is 2. The number of ether oxygens (including phenoxy) is 6. The average Bonchev–Trinajstić information content (AvgIpc) is 3.02. The van der Waals surface area contributed by atoms with E-state index >= 15 is 0 Å². The van der Waals surface area contributed by atoms with Gasteiger partial charge in [-0.1, -0.05) is 25.1 Å². The molecule has 0 saturated carbocycles. The van der Waals surface area contributed by atoms with Crippen molar-refractivity contribution in [2.45, 2.75) is 39.4 Å². The van der Waals surface area contributed by atoms with Crippen LogP contribution in [0.1, 0.15) is 47.1 Å². The van der Waals surface area contributed by atoms with Gasteiger partial charge in [0.2, 0.25) is 12.2 Å². The van der Waals surface area contributed by atoms with Gasteiger partial charge in [-0.05, 0) is 54.4 Å². The summed E-state index contributed by atoms with van der Waals surface area (Å²) < 4.78 is 30.9. The van der Waals surface area contributed by atoms with Gasteiger partial charge in [0.05, 0.1) is 25.3 Å². The van der Waals surface area contributed by atoms with Crippen molar-refractivity contribution in [3.8, 4) is 23.0 Å². The number of para-hydroxylation sites is 1. The molecule has 0 fully saturated rings. The second kappa shape index (κ2) is 15.7. The number of anilines is 1. The Morgan fingerprint density at radius 1 is 0.696 bits per heavy atom. The fourth-order valence-electron chi connectivity index (χ4n) is 4.08. The molecule has 3 aromatic rings. The molecule has 46 heavy (non-hydrogen) atoms. The molecule has 0 aliphatic heterocycles. The van der Waals surface area contributed by atoms with E-state index in [0.717, 1.165) is 19.1 Å². The van der Waals surface area contributed by atoms with E-state index in [2.05, 4.69) is 5.32 Å². The first kappa shape index (κ1) is 34.6. The second-order valence-corrected chi connectivity index (χ2v) is 9.41. The predicted molar refractivity (Wildman–Crippen MR) is 159 cm³/mol. The van der Waals surface area contributed by atoms with Crippen LogP contribution in [-0.2, 0) is 35.1 Å². The van der Waals surface area contributed by atoms with Crippen LogP contribution < -0.4 is 24.3 Å². The Kier molecular flexibility index (Phi) is 11.8. The zero-order valence-corrected chi connectivity index (χ0v) is 25.5. The molecule has 2 atom stereocenters. The summed E-state index contributed by atoms with van der Waals surface area (Å²) >= 11 is 0. The number of aliphatic carboxylic acids is 1. The molecule has 3 rings (SSSR count). The maximum Gasteiger partial charge on any atom is 0.349 e. The number of rotatable bonds is 13. The number of hydrogen-bond donors (Lipinski definition) is 2. The monoisotopic (exact) mass is 637 g/mol. The number of carboxylic acid groups (broad SMARTS) is 1. The Hall–Kier alpha value is -5.92. The molecule has 0 unspecified atom stereocenters. The van der Waals surface area contributed by atoms with Gasteiger partial charge in [0.1, 0.15) is 0 Å². The Morgan fingerprint density at radius 3 is 1.61 bits per heavy atom. The number of carbonyl (C=O) groups excluding carboxylic acids is 5. The van der Waals surface area contributed by atoms with E-state index in [9.17, 15) is 33.9 Å². The minimum absolute atomic E-state index is 0.00972. The molecule has 0 aliphatic carbocycles. The van der Waals surface area contributed by atoms with Crippen molar-refractivity contribution >= 4 is 41.4 Å². The van der Waals surface area contributed by atoms with E-state index in [1.165, 1.54) is 45.4 Å². The standard InChI is InChI=1S/C32H31NO13/c1-6-19-9-7-8-10-22(19)33-29(36)27(45-31(39)20-11-13-23(43-17(2)34)25(15-20)41-4)28(30(37)38)46-32(40)21-12-14-24(44-18(3)35)26(16-21)42-5/h7-16,27-28H,6H2,1-5H3,(H,33,36)(H,37,38)/t27-,28+/m0/s1. The van der Waals surface area contributed by atoms with E-state index in [-0.39, 0.29) is 34.1 Å². The van der Waals surface area contributed by atoms with Gasteiger partial charge < -0.3 is 38.8 Å². The number of amides is 1. The smallest absolute Gasteiger partial charge is 0.349 e. The molecule has 1 amide bonds. The molecule has 0 bridgehead atoms. The number of hydrogen-bond acceptors (Lipinski definition) is 12. The second-order valence-electron chi connectivity index (χ2n) is 9.41. The van der Waals surface area contributed by atoms with Crippen LogP contribution in [0.5, 0.6) is 23.0 Å². The highest BCUT2D eigenvalue weighted by atomic mass is 16.6. The molecule has 0 saturated heterocycles. The summed E-state index contributed by atoms with van der Waals surface area (Å²) in [6.07, 6.45) is -4.05. The summed E-state index contributed by atoms with van der Waals surface area (Å²) in [4.78, 5) is 75.2. The Morgan fingerprint density at radius 2 is 1.17 bits per heavy atom. The zero-order chi connectivity index (χ0) is 34.0. The number of benzene rings is 3. The first-order valence-corrected chi connectivity index (χ1v) is 13.6. The van der Waals surface area contributed by atoms with Crippen LogP contribution in [0.15, 0.2) is 60.7 Å². The van der Waals surface area contributed by atoms with E-state index in [0.29, 0.717) is 17.7 Å². The van der Waals surface area contributed by atoms with Crippen molar-refractivity contribution < 1.29 is 62.3 Å². The first-order chi connectivity index (χ1) is 21.9. The molecule has 0 heterocycles. The van der Waals surface area contributed by atoms with Crippen LogP contribution in [0.3, 0.4) is 0 Å². The van der Waals surface area contributed by atoms with Crippen LogP contribution in [0.4, 0.5) is 5.69 Å². The quantitative estimate of drug-likeness (QED) is 0.204. The SMILES string of the molecule is CCc1ccccc1NC(=O)[C@@H](OC(=O)c1ccc(OC(C)=O)c(OC)c1)[C@@H](OC(=O)c1ccc(OC(C)=O)c(OC)c1)C(=O)O. The number of carbonyl (C=O) groups is 6. The lowest BCUT2D eigenvalue weighted by atomic mass is 10.1. The number of carboxylic acids is 1. The first-order valence-electron chi connectivity index (χ1n) is 13.6. The maximum atomic E-state index is 13.6. The van der Waals surface area contributed by atoms with Gasteiger partial charge in [0.25, 0.3) is 5.91 Å². The topological polar surface area (TPSA) is 190 Å². The summed E-state index contributed by atoms with van der Waals surface area (Å²) in [6.45, 7) is 4.16. The van der Waals surface area contributed by atoms with Crippen molar-refractivity contribution in [3.63, 3.8) is 0 Å². The summed E-state index contributed by atoms with van der Waals surface area (Å²) in [5.74, 6) is -6.74. The number of esters is 4. The molecule has 3 aromatic carbocycles. The molecule has 0 spiro atoms. The summed E-state index contributed by atoms with van der Waals surface area (Å²) in [5.41, 5.74) is 0.563. The third-order valence-corrected chi connectivity index (χ3v) is 6.21. The van der Waals surface area contributed by atoms with Gasteiger partial charge in [0.15, 0.2) is 23.0 Å². The lowest BCUT2D eigenvalue weighted by Gasteiger charge is -2.24. The molecule has 2 N–H and O–H groups in total. The van der Waals surface area contributed by atoms with E-state index in [1.54, 1.807) is 24.3 Å². The molecular weight excluding hydrogens is 606 g/mol. The predicted octanol–water partition coefficient (Wildman–Crippen LogP) is 3.59. The molecule has 0 aliphatic rings. The van der Waals surface area contributed by atoms with Crippen molar-refractivity contribution in [1.82, 2.24) is 0 Å². The number of nitrogens with one attached hydrogen (secondary N) is 1. The number of aryl methyl sites for hydroxylation is 1. The normalized spacial score (nSPS) is 11.7. The van der Waals surface area contributed by atoms with Crippen LogP contribution in [0.25, 0.3) is 0 Å². The van der Waals surface area contributed by atoms with E-state index in [1.807, 2.05) is 6.92 Å². The highest BCUT2D eigenvalue weighted by Gasteiger charge is 2.41. The molecule has 14 nitrogen and oxygen atoms in total. The fraction of sp³-hybridized carbons (Fsp3) is 0.250. The third kappa shape index (κ3) is 8.81. The van der Waals surface area contributed by atoms with Crippen LogP contribution in [-0.4, -0.2) is 67.3 Å². The van der Waals surface area contributed by atoms with Crippen molar-refractivity contribution in [2.24, 2.45) is 0 Å². The largest absolute Gasteiger partial charge is 0.493 e. The maximum absolute atomic E-state index is 13.6. The Bertz CT molecular complexity index is 1650. The van der Waals surface area contributed by atoms with Crippen molar-refractivity contribution in [3.05, 3.63) is 77.4 Å². The van der Waals surface area contributed by atoms with Crippen LogP contribution >= 0.6 is 0 Å².